The highest BCUT2D eigenvalue weighted by atomic mass is 16.5. The molecule has 0 aliphatic carbocycles. The fourth-order valence-electron chi connectivity index (χ4n) is 4.29. The second-order valence-electron chi connectivity index (χ2n) is 9.00. The number of fused-ring (bicyclic) bond motifs is 1. The van der Waals surface area contributed by atoms with Crippen molar-refractivity contribution in [2.75, 3.05) is 7.11 Å². The van der Waals surface area contributed by atoms with Crippen LogP contribution in [0.15, 0.2) is 57.7 Å². The minimum absolute atomic E-state index is 0.0249. The van der Waals surface area contributed by atoms with Crippen LogP contribution in [0.3, 0.4) is 0 Å². The van der Waals surface area contributed by atoms with Gasteiger partial charge in [-0.1, -0.05) is 38.1 Å². The zero-order valence-electron chi connectivity index (χ0n) is 20.3. The van der Waals surface area contributed by atoms with E-state index < -0.39 is 51.4 Å². The summed E-state index contributed by atoms with van der Waals surface area (Å²) in [7, 11) is 1.23. The third-order valence-electron chi connectivity index (χ3n) is 6.33. The molecule has 4 rings (SSSR count). The highest BCUT2D eigenvalue weighted by Gasteiger charge is 2.30. The van der Waals surface area contributed by atoms with Crippen molar-refractivity contribution in [1.29, 1.82) is 0 Å². The zero-order chi connectivity index (χ0) is 27.0. The number of hydrogen-bond acceptors (Lipinski definition) is 9. The molecule has 37 heavy (non-hydrogen) atoms. The van der Waals surface area contributed by atoms with Crippen LogP contribution in [0.1, 0.15) is 48.8 Å². The van der Waals surface area contributed by atoms with Crippen LogP contribution in [-0.2, 0) is 9.53 Å². The summed E-state index contributed by atoms with van der Waals surface area (Å²) < 4.78 is 10.8. The third-order valence-corrected chi connectivity index (χ3v) is 6.33. The van der Waals surface area contributed by atoms with Crippen molar-refractivity contribution in [3.8, 4) is 40.1 Å². The maximum absolute atomic E-state index is 13.2. The molecule has 192 valence electrons. The van der Waals surface area contributed by atoms with Gasteiger partial charge in [0.2, 0.25) is 11.2 Å². The fraction of sp³-hybridized carbons (Fsp3) is 0.214. The van der Waals surface area contributed by atoms with E-state index in [0.717, 1.165) is 23.8 Å². The van der Waals surface area contributed by atoms with Crippen molar-refractivity contribution in [3.63, 3.8) is 0 Å². The molecule has 0 spiro atoms. The minimum Gasteiger partial charge on any atom is -0.507 e. The zero-order valence-corrected chi connectivity index (χ0v) is 20.3. The number of hydrogen-bond donors (Lipinski definition) is 5. The van der Waals surface area contributed by atoms with Crippen LogP contribution in [0.5, 0.6) is 28.7 Å². The molecule has 4 aromatic rings. The Hall–Kier alpha value is -4.66. The maximum Gasteiger partial charge on any atom is 0.306 e. The molecule has 0 aliphatic rings. The smallest absolute Gasteiger partial charge is 0.306 e. The lowest BCUT2D eigenvalue weighted by molar-refractivity contribution is -0.140. The molecule has 0 fully saturated rings. The first-order valence-corrected chi connectivity index (χ1v) is 11.5. The summed E-state index contributed by atoms with van der Waals surface area (Å²) >= 11 is 0. The van der Waals surface area contributed by atoms with Crippen molar-refractivity contribution in [3.05, 3.63) is 75.4 Å². The van der Waals surface area contributed by atoms with Gasteiger partial charge in [-0.2, -0.15) is 0 Å². The summed E-state index contributed by atoms with van der Waals surface area (Å²) in [5.74, 6) is -4.44. The van der Waals surface area contributed by atoms with Gasteiger partial charge >= 0.3 is 5.97 Å². The van der Waals surface area contributed by atoms with Crippen molar-refractivity contribution < 1.29 is 39.5 Å². The molecule has 9 nitrogen and oxygen atoms in total. The normalized spacial score (nSPS) is 12.1. The quantitative estimate of drug-likeness (QED) is 0.183. The Bertz CT molecular complexity index is 1550. The van der Waals surface area contributed by atoms with E-state index in [1.54, 1.807) is 12.1 Å². The van der Waals surface area contributed by atoms with Crippen LogP contribution in [-0.4, -0.2) is 38.6 Å². The van der Waals surface area contributed by atoms with E-state index in [-0.39, 0.29) is 34.8 Å². The van der Waals surface area contributed by atoms with Gasteiger partial charge in [0.05, 0.1) is 13.5 Å². The van der Waals surface area contributed by atoms with Gasteiger partial charge in [-0.05, 0) is 35.2 Å². The number of esters is 1. The molecule has 0 unspecified atom stereocenters. The Morgan fingerprint density at radius 3 is 2.11 bits per heavy atom. The predicted molar refractivity (Wildman–Crippen MR) is 135 cm³/mol. The number of carbonyl (C=O) groups excluding carboxylic acids is 1. The van der Waals surface area contributed by atoms with Gasteiger partial charge in [-0.15, -0.1) is 0 Å². The number of benzene rings is 3. The first-order valence-electron chi connectivity index (χ1n) is 11.5. The monoisotopic (exact) mass is 506 g/mol. The predicted octanol–water partition coefficient (Wildman–Crippen LogP) is 4.81. The van der Waals surface area contributed by atoms with Crippen LogP contribution in [0.25, 0.3) is 22.3 Å². The molecule has 1 atom stereocenters. The molecule has 1 aromatic heterocycles. The van der Waals surface area contributed by atoms with Gasteiger partial charge in [-0.3, -0.25) is 9.59 Å². The number of ether oxygens (including phenoxy) is 1. The van der Waals surface area contributed by atoms with Gasteiger partial charge in [0, 0.05) is 23.1 Å². The summed E-state index contributed by atoms with van der Waals surface area (Å²) in [5.41, 5.74) is 0.477. The van der Waals surface area contributed by atoms with Gasteiger partial charge < -0.3 is 34.7 Å². The summed E-state index contributed by atoms with van der Waals surface area (Å²) in [5, 5.41) is 51.2. The van der Waals surface area contributed by atoms with E-state index in [4.69, 9.17) is 9.15 Å². The number of aromatic hydroxyl groups is 5. The molecular weight excluding hydrogens is 480 g/mol. The largest absolute Gasteiger partial charge is 0.507 e. The fourth-order valence-corrected chi connectivity index (χ4v) is 4.29. The average Bonchev–Trinajstić information content (AvgIpc) is 2.86. The second-order valence-corrected chi connectivity index (χ2v) is 9.00. The summed E-state index contributed by atoms with van der Waals surface area (Å²) in [6.45, 7) is 4.06. The van der Waals surface area contributed by atoms with Gasteiger partial charge in [-0.25, -0.2) is 0 Å². The van der Waals surface area contributed by atoms with Crippen LogP contribution in [0, 0.1) is 0 Å². The van der Waals surface area contributed by atoms with Crippen LogP contribution >= 0.6 is 0 Å². The molecule has 0 saturated carbocycles. The maximum atomic E-state index is 13.2. The highest BCUT2D eigenvalue weighted by molar-refractivity contribution is 5.92. The van der Waals surface area contributed by atoms with Gasteiger partial charge in [0.1, 0.15) is 22.5 Å². The number of phenols is 4. The third kappa shape index (κ3) is 4.63. The van der Waals surface area contributed by atoms with Crippen molar-refractivity contribution in [1.82, 2.24) is 0 Å². The Morgan fingerprint density at radius 1 is 0.865 bits per heavy atom. The molecular formula is C28H26O9. The Labute approximate surface area is 211 Å². The average molecular weight is 507 g/mol. The lowest BCUT2D eigenvalue weighted by Gasteiger charge is -2.21. The first-order chi connectivity index (χ1) is 17.5. The Balaban J connectivity index is 2.05. The summed E-state index contributed by atoms with van der Waals surface area (Å²) in [4.78, 5) is 25.6. The van der Waals surface area contributed by atoms with Crippen LogP contribution in [0.4, 0.5) is 0 Å². The molecule has 0 bridgehead atoms. The van der Waals surface area contributed by atoms with Crippen molar-refractivity contribution in [2.24, 2.45) is 0 Å². The SMILES string of the molecule is COC(=O)C[C@H](c1ccc(C(C)C)cc1)c1c(O)cc(O)c2c(=O)c(O)c(-c3ccc(O)c(O)c3)oc12. The number of phenolic OH excluding ortho intramolecular Hbond substituents is 4. The van der Waals surface area contributed by atoms with E-state index in [0.29, 0.717) is 5.56 Å². The van der Waals surface area contributed by atoms with E-state index >= 15 is 0 Å². The van der Waals surface area contributed by atoms with Gasteiger partial charge in [0.25, 0.3) is 0 Å². The van der Waals surface area contributed by atoms with E-state index in [1.807, 2.05) is 26.0 Å². The Morgan fingerprint density at radius 2 is 1.51 bits per heavy atom. The number of rotatable bonds is 6. The Kier molecular flexibility index (Phi) is 6.72. The number of methoxy groups -OCH3 is 1. The molecule has 1 heterocycles. The van der Waals surface area contributed by atoms with E-state index in [2.05, 4.69) is 0 Å². The minimum atomic E-state index is -0.991. The first kappa shape index (κ1) is 25.4. The summed E-state index contributed by atoms with van der Waals surface area (Å²) in [6.07, 6.45) is -0.231. The van der Waals surface area contributed by atoms with E-state index in [1.165, 1.54) is 13.2 Å². The number of carbonyl (C=O) groups is 1. The molecule has 5 N–H and O–H groups in total. The van der Waals surface area contributed by atoms with Crippen molar-refractivity contribution >= 4 is 16.9 Å². The molecule has 0 radical (unpaired) electrons. The molecule has 0 aliphatic heterocycles. The molecule has 3 aromatic carbocycles. The van der Waals surface area contributed by atoms with Gasteiger partial charge in [0.15, 0.2) is 17.3 Å². The standard InChI is InChI=1S/C28H26O9/c1-13(2)14-4-6-15(7-5-14)17(11-22(33)36-3)23-20(31)12-21(32)24-25(34)26(35)27(37-28(23)24)16-8-9-18(29)19(30)10-16/h4-10,12-13,17,29-32,35H,11H2,1-3H3/t17-/m1/s1. The van der Waals surface area contributed by atoms with E-state index in [9.17, 15) is 35.1 Å². The lowest BCUT2D eigenvalue weighted by Crippen LogP contribution is -2.12. The van der Waals surface area contributed by atoms with Crippen LogP contribution in [0.2, 0.25) is 0 Å². The molecule has 9 heteroatoms. The lowest BCUT2D eigenvalue weighted by atomic mass is 9.85. The van der Waals surface area contributed by atoms with Crippen molar-refractivity contribution in [2.45, 2.75) is 32.1 Å². The second kappa shape index (κ2) is 9.77. The van der Waals surface area contributed by atoms with Crippen LogP contribution < -0.4 is 5.43 Å². The highest BCUT2D eigenvalue weighted by Crippen LogP contribution is 2.45. The molecule has 0 amide bonds. The summed E-state index contributed by atoms with van der Waals surface area (Å²) in [6, 6.07) is 11.8. The topological polar surface area (TPSA) is 158 Å². The molecule has 0 saturated heterocycles.